The van der Waals surface area contributed by atoms with Gasteiger partial charge in [-0.15, -0.1) is 0 Å². The Bertz CT molecular complexity index is 551. The zero-order valence-corrected chi connectivity index (χ0v) is 10.2. The molecule has 0 unspecified atom stereocenters. The van der Waals surface area contributed by atoms with E-state index in [1.165, 1.54) is 6.26 Å². The van der Waals surface area contributed by atoms with Crippen LogP contribution in [0.5, 0.6) is 0 Å². The van der Waals surface area contributed by atoms with E-state index in [0.29, 0.717) is 17.2 Å². The number of carbonyl (C=O) groups excluding carboxylic acids is 1. The quantitative estimate of drug-likeness (QED) is 0.863. The Morgan fingerprint density at radius 1 is 1.39 bits per heavy atom. The van der Waals surface area contributed by atoms with E-state index in [9.17, 15) is 4.79 Å². The third-order valence-electron chi connectivity index (χ3n) is 2.18. The lowest BCUT2D eigenvalue weighted by Crippen LogP contribution is -2.14. The van der Waals surface area contributed by atoms with Crippen LogP contribution in [0.1, 0.15) is 23.1 Å². The largest absolute Gasteiger partial charge is 0.432 e. The summed E-state index contributed by atoms with van der Waals surface area (Å²) in [5.41, 5.74) is 1.02. The number of nitrogens with zero attached hydrogens (tertiary/aromatic N) is 2. The van der Waals surface area contributed by atoms with Crippen LogP contribution in [-0.4, -0.2) is 22.4 Å². The van der Waals surface area contributed by atoms with Crippen molar-refractivity contribution in [1.29, 1.82) is 0 Å². The van der Waals surface area contributed by atoms with E-state index < -0.39 is 0 Å². The van der Waals surface area contributed by atoms with Crippen LogP contribution in [0, 0.1) is 6.92 Å². The standard InChI is InChI=1S/C12H14N4O2/c1-3-13-10-6-4-5-9(15-10)11(17)16-12-14-8(2)7-18-12/h4-7H,3H2,1-2H3,(H,13,15)(H,14,16,17). The van der Waals surface area contributed by atoms with Gasteiger partial charge in [-0.05, 0) is 26.0 Å². The minimum Gasteiger partial charge on any atom is -0.432 e. The zero-order valence-electron chi connectivity index (χ0n) is 10.2. The van der Waals surface area contributed by atoms with Crippen molar-refractivity contribution in [1.82, 2.24) is 9.97 Å². The van der Waals surface area contributed by atoms with E-state index in [0.717, 1.165) is 6.54 Å². The van der Waals surface area contributed by atoms with Crippen molar-refractivity contribution in [3.63, 3.8) is 0 Å². The average Bonchev–Trinajstić information content (AvgIpc) is 2.75. The van der Waals surface area contributed by atoms with E-state index in [-0.39, 0.29) is 11.9 Å². The summed E-state index contributed by atoms with van der Waals surface area (Å²) in [5, 5.41) is 5.58. The molecule has 0 bridgehead atoms. The normalized spacial score (nSPS) is 10.1. The molecule has 0 fully saturated rings. The molecule has 2 rings (SSSR count). The highest BCUT2D eigenvalue weighted by Crippen LogP contribution is 2.09. The zero-order chi connectivity index (χ0) is 13.0. The van der Waals surface area contributed by atoms with Gasteiger partial charge >= 0.3 is 6.01 Å². The first-order chi connectivity index (χ1) is 8.69. The summed E-state index contributed by atoms with van der Waals surface area (Å²) in [6.07, 6.45) is 1.47. The summed E-state index contributed by atoms with van der Waals surface area (Å²) < 4.78 is 5.05. The lowest BCUT2D eigenvalue weighted by Gasteiger charge is -2.04. The Morgan fingerprint density at radius 2 is 2.22 bits per heavy atom. The number of amides is 1. The fourth-order valence-electron chi connectivity index (χ4n) is 1.41. The molecule has 2 N–H and O–H groups in total. The van der Waals surface area contributed by atoms with Crippen LogP contribution in [0.4, 0.5) is 11.8 Å². The van der Waals surface area contributed by atoms with Crippen LogP contribution in [0.15, 0.2) is 28.9 Å². The average molecular weight is 246 g/mol. The number of oxazole rings is 1. The molecule has 0 radical (unpaired) electrons. The summed E-state index contributed by atoms with van der Waals surface area (Å²) in [6.45, 7) is 4.49. The first-order valence-electron chi connectivity index (χ1n) is 5.63. The Hall–Kier alpha value is -2.37. The summed E-state index contributed by atoms with van der Waals surface area (Å²) in [5.74, 6) is 0.310. The predicted molar refractivity (Wildman–Crippen MR) is 67.6 cm³/mol. The summed E-state index contributed by atoms with van der Waals surface area (Å²) >= 11 is 0. The monoisotopic (exact) mass is 246 g/mol. The highest BCUT2D eigenvalue weighted by atomic mass is 16.4. The van der Waals surface area contributed by atoms with Gasteiger partial charge in [0, 0.05) is 6.54 Å². The van der Waals surface area contributed by atoms with Gasteiger partial charge in [0.2, 0.25) is 0 Å². The van der Waals surface area contributed by atoms with E-state index in [1.807, 2.05) is 6.92 Å². The fourth-order valence-corrected chi connectivity index (χ4v) is 1.41. The molecule has 0 saturated carbocycles. The molecule has 2 aromatic heterocycles. The van der Waals surface area contributed by atoms with Crippen molar-refractivity contribution in [3.05, 3.63) is 35.9 Å². The maximum Gasteiger partial charge on any atom is 0.301 e. The van der Waals surface area contributed by atoms with Crippen LogP contribution >= 0.6 is 0 Å². The molecular formula is C12H14N4O2. The van der Waals surface area contributed by atoms with Gasteiger partial charge < -0.3 is 9.73 Å². The third kappa shape index (κ3) is 2.85. The number of aryl methyl sites for hydroxylation is 1. The van der Waals surface area contributed by atoms with Gasteiger partial charge in [0.15, 0.2) is 0 Å². The number of nitrogens with one attached hydrogen (secondary N) is 2. The van der Waals surface area contributed by atoms with Gasteiger partial charge in [0.1, 0.15) is 17.8 Å². The number of hydrogen-bond donors (Lipinski definition) is 2. The summed E-state index contributed by atoms with van der Waals surface area (Å²) in [4.78, 5) is 20.0. The van der Waals surface area contributed by atoms with E-state index in [2.05, 4.69) is 20.6 Å². The molecule has 0 aliphatic rings. The van der Waals surface area contributed by atoms with Crippen molar-refractivity contribution in [2.45, 2.75) is 13.8 Å². The Kier molecular flexibility index (Phi) is 3.57. The highest BCUT2D eigenvalue weighted by molar-refractivity contribution is 6.01. The minimum absolute atomic E-state index is 0.174. The highest BCUT2D eigenvalue weighted by Gasteiger charge is 2.11. The molecule has 94 valence electrons. The maximum atomic E-state index is 11.9. The Morgan fingerprint density at radius 3 is 2.89 bits per heavy atom. The van der Waals surface area contributed by atoms with E-state index in [1.54, 1.807) is 25.1 Å². The molecule has 6 nitrogen and oxygen atoms in total. The van der Waals surface area contributed by atoms with E-state index in [4.69, 9.17) is 4.42 Å². The van der Waals surface area contributed by atoms with Crippen molar-refractivity contribution in [2.24, 2.45) is 0 Å². The van der Waals surface area contributed by atoms with Crippen molar-refractivity contribution in [3.8, 4) is 0 Å². The van der Waals surface area contributed by atoms with Crippen LogP contribution in [0.2, 0.25) is 0 Å². The van der Waals surface area contributed by atoms with Crippen molar-refractivity contribution in [2.75, 3.05) is 17.2 Å². The molecule has 0 saturated heterocycles. The smallest absolute Gasteiger partial charge is 0.301 e. The Labute approximate surface area is 104 Å². The topological polar surface area (TPSA) is 80.0 Å². The first-order valence-corrected chi connectivity index (χ1v) is 5.63. The molecule has 2 heterocycles. The number of pyridine rings is 1. The van der Waals surface area contributed by atoms with Crippen LogP contribution in [-0.2, 0) is 0 Å². The number of rotatable bonds is 4. The second-order valence-corrected chi connectivity index (χ2v) is 3.69. The molecule has 2 aromatic rings. The number of carbonyl (C=O) groups is 1. The van der Waals surface area contributed by atoms with Gasteiger partial charge in [-0.1, -0.05) is 6.07 Å². The lowest BCUT2D eigenvalue weighted by molar-refractivity contribution is 0.101. The molecule has 0 aliphatic carbocycles. The summed E-state index contributed by atoms with van der Waals surface area (Å²) in [6, 6.07) is 5.37. The van der Waals surface area contributed by atoms with Crippen molar-refractivity contribution < 1.29 is 9.21 Å². The second kappa shape index (κ2) is 5.31. The molecular weight excluding hydrogens is 232 g/mol. The molecule has 6 heteroatoms. The van der Waals surface area contributed by atoms with Gasteiger partial charge in [-0.25, -0.2) is 4.98 Å². The number of anilines is 2. The van der Waals surface area contributed by atoms with Gasteiger partial charge in [-0.2, -0.15) is 4.98 Å². The van der Waals surface area contributed by atoms with Crippen LogP contribution < -0.4 is 10.6 Å². The lowest BCUT2D eigenvalue weighted by atomic mass is 10.3. The van der Waals surface area contributed by atoms with Crippen LogP contribution in [0.25, 0.3) is 0 Å². The molecule has 0 spiro atoms. The van der Waals surface area contributed by atoms with Crippen LogP contribution in [0.3, 0.4) is 0 Å². The predicted octanol–water partition coefficient (Wildman–Crippen LogP) is 2.06. The number of aromatic nitrogens is 2. The molecule has 0 aromatic carbocycles. The van der Waals surface area contributed by atoms with Gasteiger partial charge in [0.05, 0.1) is 5.69 Å². The van der Waals surface area contributed by atoms with Crippen molar-refractivity contribution >= 4 is 17.7 Å². The maximum absolute atomic E-state index is 11.9. The fraction of sp³-hybridized carbons (Fsp3) is 0.250. The second-order valence-electron chi connectivity index (χ2n) is 3.69. The minimum atomic E-state index is -0.350. The third-order valence-corrected chi connectivity index (χ3v) is 2.18. The molecule has 0 aliphatic heterocycles. The first kappa shape index (κ1) is 12.1. The number of hydrogen-bond acceptors (Lipinski definition) is 5. The molecule has 18 heavy (non-hydrogen) atoms. The molecule has 1 amide bonds. The summed E-state index contributed by atoms with van der Waals surface area (Å²) in [7, 11) is 0. The SMILES string of the molecule is CCNc1cccc(C(=O)Nc2nc(C)co2)n1. The Balaban J connectivity index is 2.11. The van der Waals surface area contributed by atoms with E-state index >= 15 is 0 Å². The van der Waals surface area contributed by atoms with Gasteiger partial charge in [0.25, 0.3) is 5.91 Å². The molecule has 0 atom stereocenters. The van der Waals surface area contributed by atoms with Gasteiger partial charge in [-0.3, -0.25) is 10.1 Å².